The van der Waals surface area contributed by atoms with Crippen molar-refractivity contribution in [2.75, 3.05) is 5.32 Å². The molecule has 2 atom stereocenters. The number of ether oxygens (including phenoxy) is 2. The number of nitrogens with zero attached hydrogens (tertiary/aromatic N) is 1. The summed E-state index contributed by atoms with van der Waals surface area (Å²) in [6.07, 6.45) is -2.14. The number of carbonyl (C=O) groups excluding carboxylic acids is 2. The first kappa shape index (κ1) is 20.2. The number of nitrogens with one attached hydrogen (secondary N) is 1. The molecule has 27 heavy (non-hydrogen) atoms. The molecule has 0 spiro atoms. The number of hydrogen-bond donors (Lipinski definition) is 1. The van der Waals surface area contributed by atoms with Crippen LogP contribution in [0.25, 0.3) is 0 Å². The molecule has 2 rings (SSSR count). The number of halogens is 1. The Morgan fingerprint density at radius 1 is 1.07 bits per heavy atom. The van der Waals surface area contributed by atoms with Crippen LogP contribution in [-0.4, -0.2) is 29.0 Å². The Morgan fingerprint density at radius 2 is 1.70 bits per heavy atom. The van der Waals surface area contributed by atoms with Gasteiger partial charge in [-0.1, -0.05) is 23.7 Å². The summed E-state index contributed by atoms with van der Waals surface area (Å²) >= 11 is 5.78. The molecule has 2 aromatic carbocycles. The quantitative estimate of drug-likeness (QED) is 0.438. The Balaban J connectivity index is 1.94. The fourth-order valence-electron chi connectivity index (χ4n) is 2.06. The first-order valence-corrected chi connectivity index (χ1v) is 8.32. The standard InChI is InChI=1S/C18H17ClN2O6/c1-11(17(22)20-15-5-3-4-6-16(15)21(24)25)27-18(23)12(2)26-14-9-7-13(19)8-10-14/h3-12H,1-2H3,(H,20,22)/t11-,12+/m1/s1. The number of rotatable bonds is 7. The SMILES string of the molecule is C[C@H](Oc1ccc(Cl)cc1)C(=O)O[C@H](C)C(=O)Nc1ccccc1[N+](=O)[O-]. The summed E-state index contributed by atoms with van der Waals surface area (Å²) in [7, 11) is 0. The molecule has 1 amide bonds. The van der Waals surface area contributed by atoms with Crippen LogP contribution in [0.1, 0.15) is 13.8 Å². The van der Waals surface area contributed by atoms with Gasteiger partial charge in [0.25, 0.3) is 11.6 Å². The van der Waals surface area contributed by atoms with Crippen molar-refractivity contribution in [3.63, 3.8) is 0 Å². The minimum absolute atomic E-state index is 0.0147. The second-order valence-corrected chi connectivity index (χ2v) is 5.99. The second-order valence-electron chi connectivity index (χ2n) is 5.56. The number of benzene rings is 2. The number of para-hydroxylation sites is 2. The van der Waals surface area contributed by atoms with E-state index >= 15 is 0 Å². The largest absolute Gasteiger partial charge is 0.479 e. The van der Waals surface area contributed by atoms with Crippen molar-refractivity contribution in [2.45, 2.75) is 26.1 Å². The summed E-state index contributed by atoms with van der Waals surface area (Å²) in [5, 5.41) is 13.9. The van der Waals surface area contributed by atoms with E-state index in [1.807, 2.05) is 0 Å². The van der Waals surface area contributed by atoms with Crippen LogP contribution in [0.15, 0.2) is 48.5 Å². The number of nitro benzene ring substituents is 1. The van der Waals surface area contributed by atoms with Gasteiger partial charge in [0.1, 0.15) is 11.4 Å². The highest BCUT2D eigenvalue weighted by Crippen LogP contribution is 2.23. The monoisotopic (exact) mass is 392 g/mol. The lowest BCUT2D eigenvalue weighted by Gasteiger charge is -2.17. The van der Waals surface area contributed by atoms with Crippen LogP contribution in [-0.2, 0) is 14.3 Å². The molecule has 142 valence electrons. The van der Waals surface area contributed by atoms with Crippen molar-refractivity contribution in [1.29, 1.82) is 0 Å². The van der Waals surface area contributed by atoms with Gasteiger partial charge in [-0.15, -0.1) is 0 Å². The van der Waals surface area contributed by atoms with Crippen LogP contribution in [0.2, 0.25) is 5.02 Å². The number of hydrogen-bond acceptors (Lipinski definition) is 6. The van der Waals surface area contributed by atoms with Crippen LogP contribution in [0.3, 0.4) is 0 Å². The van der Waals surface area contributed by atoms with Crippen LogP contribution in [0.4, 0.5) is 11.4 Å². The van der Waals surface area contributed by atoms with Gasteiger partial charge in [0.05, 0.1) is 4.92 Å². The molecule has 0 unspecified atom stereocenters. The molecular formula is C18H17ClN2O6. The molecule has 0 aliphatic rings. The zero-order valence-corrected chi connectivity index (χ0v) is 15.3. The molecule has 2 aromatic rings. The first-order valence-electron chi connectivity index (χ1n) is 7.95. The number of carbonyl (C=O) groups is 2. The maximum Gasteiger partial charge on any atom is 0.347 e. The zero-order valence-electron chi connectivity index (χ0n) is 14.5. The van der Waals surface area contributed by atoms with Crippen LogP contribution in [0.5, 0.6) is 5.75 Å². The molecule has 0 bridgehead atoms. The van der Waals surface area contributed by atoms with Gasteiger partial charge < -0.3 is 14.8 Å². The molecule has 0 aromatic heterocycles. The molecule has 0 radical (unpaired) electrons. The average molecular weight is 393 g/mol. The molecule has 9 heteroatoms. The van der Waals surface area contributed by atoms with Crippen molar-refractivity contribution >= 4 is 34.9 Å². The maximum atomic E-state index is 12.2. The van der Waals surface area contributed by atoms with Gasteiger partial charge in [0.2, 0.25) is 0 Å². The third-order valence-electron chi connectivity index (χ3n) is 3.48. The van der Waals surface area contributed by atoms with E-state index < -0.39 is 29.0 Å². The van der Waals surface area contributed by atoms with Gasteiger partial charge in [0.15, 0.2) is 12.2 Å². The fraction of sp³-hybridized carbons (Fsp3) is 0.222. The van der Waals surface area contributed by atoms with Gasteiger partial charge in [0, 0.05) is 11.1 Å². The van der Waals surface area contributed by atoms with E-state index in [4.69, 9.17) is 21.1 Å². The second kappa shape index (κ2) is 9.00. The number of esters is 1. The Hall–Kier alpha value is -3.13. The Morgan fingerprint density at radius 3 is 2.33 bits per heavy atom. The maximum absolute atomic E-state index is 12.2. The van der Waals surface area contributed by atoms with Gasteiger partial charge >= 0.3 is 5.97 Å². The lowest BCUT2D eigenvalue weighted by atomic mass is 10.2. The van der Waals surface area contributed by atoms with Crippen LogP contribution >= 0.6 is 11.6 Å². The first-order chi connectivity index (χ1) is 12.8. The lowest BCUT2D eigenvalue weighted by Crippen LogP contribution is -2.35. The minimum atomic E-state index is -1.17. The molecule has 0 aliphatic heterocycles. The van der Waals surface area contributed by atoms with Crippen LogP contribution < -0.4 is 10.1 Å². The molecular weight excluding hydrogens is 376 g/mol. The molecule has 8 nitrogen and oxygen atoms in total. The van der Waals surface area contributed by atoms with Crippen molar-refractivity contribution < 1.29 is 24.0 Å². The molecule has 0 aliphatic carbocycles. The summed E-state index contributed by atoms with van der Waals surface area (Å²) in [4.78, 5) is 34.6. The van der Waals surface area contributed by atoms with Crippen LogP contribution in [0, 0.1) is 10.1 Å². The van der Waals surface area contributed by atoms with E-state index in [-0.39, 0.29) is 11.4 Å². The van der Waals surface area contributed by atoms with Crippen molar-refractivity contribution in [3.05, 3.63) is 63.7 Å². The predicted octanol–water partition coefficient (Wildman–Crippen LogP) is 3.59. The minimum Gasteiger partial charge on any atom is -0.479 e. The normalized spacial score (nSPS) is 12.6. The summed E-state index contributed by atoms with van der Waals surface area (Å²) in [5.41, 5.74) is -0.246. The number of anilines is 1. The number of nitro groups is 1. The topological polar surface area (TPSA) is 108 Å². The Kier molecular flexibility index (Phi) is 6.73. The highest BCUT2D eigenvalue weighted by Gasteiger charge is 2.25. The van der Waals surface area contributed by atoms with E-state index in [0.29, 0.717) is 10.8 Å². The fourth-order valence-corrected chi connectivity index (χ4v) is 2.19. The van der Waals surface area contributed by atoms with E-state index in [1.165, 1.54) is 32.0 Å². The Bertz CT molecular complexity index is 840. The highest BCUT2D eigenvalue weighted by atomic mass is 35.5. The molecule has 0 saturated carbocycles. The third kappa shape index (κ3) is 5.68. The summed E-state index contributed by atoms with van der Waals surface area (Å²) in [6, 6.07) is 12.1. The predicted molar refractivity (Wildman–Crippen MR) is 98.8 cm³/mol. The molecule has 0 heterocycles. The van der Waals surface area contributed by atoms with E-state index in [0.717, 1.165) is 0 Å². The van der Waals surface area contributed by atoms with Gasteiger partial charge in [-0.2, -0.15) is 0 Å². The Labute approximate surface area is 160 Å². The van der Waals surface area contributed by atoms with Gasteiger partial charge in [-0.3, -0.25) is 14.9 Å². The van der Waals surface area contributed by atoms with Gasteiger partial charge in [-0.05, 0) is 44.2 Å². The van der Waals surface area contributed by atoms with Crippen molar-refractivity contribution in [2.24, 2.45) is 0 Å². The average Bonchev–Trinajstić information content (AvgIpc) is 2.63. The highest BCUT2D eigenvalue weighted by molar-refractivity contribution is 6.30. The summed E-state index contributed by atoms with van der Waals surface area (Å²) in [6.45, 7) is 2.83. The molecule has 0 fully saturated rings. The van der Waals surface area contributed by atoms with Crippen molar-refractivity contribution in [1.82, 2.24) is 0 Å². The van der Waals surface area contributed by atoms with Gasteiger partial charge in [-0.25, -0.2) is 4.79 Å². The summed E-state index contributed by atoms with van der Waals surface area (Å²) < 4.78 is 10.5. The van der Waals surface area contributed by atoms with Crippen molar-refractivity contribution in [3.8, 4) is 5.75 Å². The zero-order chi connectivity index (χ0) is 20.0. The van der Waals surface area contributed by atoms with E-state index in [2.05, 4.69) is 5.32 Å². The number of amides is 1. The third-order valence-corrected chi connectivity index (χ3v) is 3.73. The molecule has 1 N–H and O–H groups in total. The van der Waals surface area contributed by atoms with E-state index in [9.17, 15) is 19.7 Å². The lowest BCUT2D eigenvalue weighted by molar-refractivity contribution is -0.383. The summed E-state index contributed by atoms with van der Waals surface area (Å²) in [5.74, 6) is -1.03. The van der Waals surface area contributed by atoms with E-state index in [1.54, 1.807) is 30.3 Å². The smallest absolute Gasteiger partial charge is 0.347 e. The molecule has 0 saturated heterocycles.